The number of thioether (sulfide) groups is 1. The Hall–Kier alpha value is -1.86. The van der Waals surface area contributed by atoms with Crippen LogP contribution in [-0.4, -0.2) is 33.1 Å². The smallest absolute Gasteiger partial charge is 0.221 e. The van der Waals surface area contributed by atoms with Gasteiger partial charge in [0.05, 0.1) is 18.8 Å². The zero-order chi connectivity index (χ0) is 19.1. The number of benzene rings is 2. The Morgan fingerprint density at radius 2 is 1.69 bits per heavy atom. The van der Waals surface area contributed by atoms with Gasteiger partial charge in [0.25, 0.3) is 0 Å². The van der Waals surface area contributed by atoms with Crippen LogP contribution in [0.1, 0.15) is 31.1 Å². The largest absolute Gasteiger partial charge is 0.392 e. The lowest BCUT2D eigenvalue weighted by Crippen LogP contribution is -2.26. The van der Waals surface area contributed by atoms with Crippen LogP contribution < -0.4 is 5.32 Å². The van der Waals surface area contributed by atoms with Crippen LogP contribution in [0.3, 0.4) is 0 Å². The van der Waals surface area contributed by atoms with E-state index in [9.17, 15) is 15.0 Å². The molecule has 0 saturated carbocycles. The van der Waals surface area contributed by atoms with Crippen LogP contribution in [0.15, 0.2) is 53.4 Å². The van der Waals surface area contributed by atoms with E-state index in [1.807, 2.05) is 31.2 Å². The molecule has 26 heavy (non-hydrogen) atoms. The first-order valence-corrected chi connectivity index (χ1v) is 9.45. The minimum absolute atomic E-state index is 0.0358. The monoisotopic (exact) mass is 375 g/mol. The van der Waals surface area contributed by atoms with Crippen LogP contribution in [0.4, 0.5) is 5.69 Å². The van der Waals surface area contributed by atoms with Gasteiger partial charge in [0.1, 0.15) is 0 Å². The number of carbonyl (C=O) groups is 1. The molecule has 0 bridgehead atoms. The van der Waals surface area contributed by atoms with Crippen molar-refractivity contribution < 1.29 is 20.1 Å². The number of carbonyl (C=O) groups excluding carboxylic acids is 1. The van der Waals surface area contributed by atoms with Crippen molar-refractivity contribution >= 4 is 23.4 Å². The Morgan fingerprint density at radius 3 is 2.23 bits per heavy atom. The van der Waals surface area contributed by atoms with Gasteiger partial charge in [-0.25, -0.2) is 0 Å². The summed E-state index contributed by atoms with van der Waals surface area (Å²) in [4.78, 5) is 12.0. The highest BCUT2D eigenvalue weighted by Crippen LogP contribution is 2.29. The fraction of sp³-hybridized carbons (Fsp3) is 0.350. The zero-order valence-electron chi connectivity index (χ0n) is 14.9. The maximum absolute atomic E-state index is 11.0. The maximum atomic E-state index is 11.0. The Morgan fingerprint density at radius 1 is 1.08 bits per heavy atom. The van der Waals surface area contributed by atoms with Crippen molar-refractivity contribution in [1.29, 1.82) is 0 Å². The molecule has 2 aromatic rings. The third-order valence-electron chi connectivity index (χ3n) is 4.20. The van der Waals surface area contributed by atoms with E-state index in [1.165, 1.54) is 18.7 Å². The Bertz CT molecular complexity index is 703. The molecule has 0 aromatic heterocycles. The van der Waals surface area contributed by atoms with Gasteiger partial charge in [-0.1, -0.05) is 31.2 Å². The van der Waals surface area contributed by atoms with Crippen LogP contribution >= 0.6 is 11.8 Å². The average molecular weight is 375 g/mol. The molecule has 0 heterocycles. The molecule has 2 aromatic carbocycles. The average Bonchev–Trinajstić information content (AvgIpc) is 2.65. The van der Waals surface area contributed by atoms with Gasteiger partial charge < -0.3 is 20.6 Å². The Labute approximate surface area is 158 Å². The molecular weight excluding hydrogens is 350 g/mol. The van der Waals surface area contributed by atoms with Crippen molar-refractivity contribution in [3.63, 3.8) is 0 Å². The molecule has 0 aliphatic heterocycles. The van der Waals surface area contributed by atoms with Gasteiger partial charge in [-0.05, 0) is 35.4 Å². The lowest BCUT2D eigenvalue weighted by atomic mass is 9.93. The molecule has 0 aliphatic rings. The number of amides is 1. The summed E-state index contributed by atoms with van der Waals surface area (Å²) in [6.45, 7) is 3.24. The molecule has 0 spiro atoms. The van der Waals surface area contributed by atoms with Gasteiger partial charge >= 0.3 is 0 Å². The van der Waals surface area contributed by atoms with Crippen molar-refractivity contribution in [1.82, 2.24) is 0 Å². The summed E-state index contributed by atoms with van der Waals surface area (Å²) in [5.74, 6) is 0.00341. The standard InChI is InChI=1S/C20H25NO4S/c1-13(20(25)16-5-3-15(11-22)4-6-16)19(24)12-26-18-9-7-17(8-10-18)21-14(2)23/h3-10,13,19-20,22,24-25H,11-12H2,1-2H3,(H,21,23). The fourth-order valence-corrected chi connectivity index (χ4v) is 3.50. The van der Waals surface area contributed by atoms with Crippen molar-refractivity contribution in [2.75, 3.05) is 11.1 Å². The lowest BCUT2D eigenvalue weighted by molar-refractivity contribution is -0.114. The third kappa shape index (κ3) is 5.85. The summed E-state index contributed by atoms with van der Waals surface area (Å²) in [5, 5.41) is 32.7. The number of aliphatic hydroxyl groups excluding tert-OH is 3. The SMILES string of the molecule is CC(=O)Nc1ccc(SCC(O)C(C)C(O)c2ccc(CO)cc2)cc1. The summed E-state index contributed by atoms with van der Waals surface area (Å²) < 4.78 is 0. The molecule has 0 radical (unpaired) electrons. The maximum Gasteiger partial charge on any atom is 0.221 e. The molecular formula is C20H25NO4S. The van der Waals surface area contributed by atoms with Crippen molar-refractivity contribution in [3.8, 4) is 0 Å². The van der Waals surface area contributed by atoms with E-state index >= 15 is 0 Å². The molecule has 4 N–H and O–H groups in total. The summed E-state index contributed by atoms with van der Waals surface area (Å²) in [7, 11) is 0. The first-order chi connectivity index (χ1) is 12.4. The minimum atomic E-state index is -0.777. The van der Waals surface area contributed by atoms with E-state index < -0.39 is 12.2 Å². The molecule has 2 rings (SSSR count). The second-order valence-corrected chi connectivity index (χ2v) is 7.38. The Kier molecular flexibility index (Phi) is 7.66. The predicted octanol–water partition coefficient (Wildman–Crippen LogP) is 2.96. The number of rotatable bonds is 8. The predicted molar refractivity (Wildman–Crippen MR) is 104 cm³/mol. The van der Waals surface area contributed by atoms with E-state index in [0.29, 0.717) is 5.75 Å². The van der Waals surface area contributed by atoms with Crippen LogP contribution in [0, 0.1) is 5.92 Å². The number of nitrogens with one attached hydrogen (secondary N) is 1. The van der Waals surface area contributed by atoms with E-state index in [-0.39, 0.29) is 18.4 Å². The van der Waals surface area contributed by atoms with E-state index in [0.717, 1.165) is 21.7 Å². The van der Waals surface area contributed by atoms with Gasteiger partial charge in [0, 0.05) is 29.2 Å². The normalized spacial score (nSPS) is 14.5. The number of hydrogen-bond acceptors (Lipinski definition) is 5. The number of aliphatic hydroxyl groups is 3. The van der Waals surface area contributed by atoms with Gasteiger partial charge in [-0.2, -0.15) is 0 Å². The number of hydrogen-bond donors (Lipinski definition) is 4. The lowest BCUT2D eigenvalue weighted by Gasteiger charge is -2.24. The topological polar surface area (TPSA) is 89.8 Å². The minimum Gasteiger partial charge on any atom is -0.392 e. The molecule has 5 nitrogen and oxygen atoms in total. The zero-order valence-corrected chi connectivity index (χ0v) is 15.7. The van der Waals surface area contributed by atoms with Crippen molar-refractivity contribution in [2.45, 2.75) is 37.6 Å². The highest BCUT2D eigenvalue weighted by molar-refractivity contribution is 7.99. The summed E-state index contributed by atoms with van der Waals surface area (Å²) >= 11 is 1.50. The molecule has 1 amide bonds. The van der Waals surface area contributed by atoms with E-state index in [1.54, 1.807) is 24.3 Å². The van der Waals surface area contributed by atoms with E-state index in [2.05, 4.69) is 5.32 Å². The fourth-order valence-electron chi connectivity index (χ4n) is 2.51. The first-order valence-electron chi connectivity index (χ1n) is 8.47. The number of anilines is 1. The summed E-state index contributed by atoms with van der Waals surface area (Å²) in [5.41, 5.74) is 2.24. The first kappa shape index (κ1) is 20.5. The molecule has 6 heteroatoms. The molecule has 140 valence electrons. The van der Waals surface area contributed by atoms with Crippen LogP contribution in [0.25, 0.3) is 0 Å². The molecule has 0 saturated heterocycles. The van der Waals surface area contributed by atoms with E-state index in [4.69, 9.17) is 5.11 Å². The molecule has 3 unspecified atom stereocenters. The van der Waals surface area contributed by atoms with Crippen LogP contribution in [0.5, 0.6) is 0 Å². The van der Waals surface area contributed by atoms with Crippen LogP contribution in [-0.2, 0) is 11.4 Å². The van der Waals surface area contributed by atoms with Gasteiger partial charge in [0.2, 0.25) is 5.91 Å². The molecule has 0 fully saturated rings. The van der Waals surface area contributed by atoms with Crippen molar-refractivity contribution in [3.05, 3.63) is 59.7 Å². The second-order valence-electron chi connectivity index (χ2n) is 6.29. The summed E-state index contributed by atoms with van der Waals surface area (Å²) in [6, 6.07) is 14.5. The van der Waals surface area contributed by atoms with Gasteiger partial charge in [-0.15, -0.1) is 11.8 Å². The van der Waals surface area contributed by atoms with Crippen LogP contribution in [0.2, 0.25) is 0 Å². The molecule has 0 aliphatic carbocycles. The summed E-state index contributed by atoms with van der Waals surface area (Å²) in [6.07, 6.45) is -1.46. The quantitative estimate of drug-likeness (QED) is 0.533. The van der Waals surface area contributed by atoms with Gasteiger partial charge in [0.15, 0.2) is 0 Å². The van der Waals surface area contributed by atoms with Crippen molar-refractivity contribution in [2.24, 2.45) is 5.92 Å². The highest BCUT2D eigenvalue weighted by Gasteiger charge is 2.24. The third-order valence-corrected chi connectivity index (χ3v) is 5.32. The Balaban J connectivity index is 1.89. The molecule has 3 atom stereocenters. The highest BCUT2D eigenvalue weighted by atomic mass is 32.2. The second kappa shape index (κ2) is 9.73. The van der Waals surface area contributed by atoms with Gasteiger partial charge in [-0.3, -0.25) is 4.79 Å².